The molecule has 0 aliphatic heterocycles. The van der Waals surface area contributed by atoms with Crippen molar-refractivity contribution >= 4 is 11.8 Å². The maximum atomic E-state index is 5.43. The summed E-state index contributed by atoms with van der Waals surface area (Å²) in [4.78, 5) is 0. The van der Waals surface area contributed by atoms with E-state index in [0.717, 1.165) is 35.2 Å². The van der Waals surface area contributed by atoms with E-state index in [0.29, 0.717) is 6.04 Å². The van der Waals surface area contributed by atoms with Crippen LogP contribution in [0.3, 0.4) is 0 Å². The Balaban J connectivity index is 1.49. The van der Waals surface area contributed by atoms with Gasteiger partial charge in [-0.2, -0.15) is 0 Å². The van der Waals surface area contributed by atoms with Crippen molar-refractivity contribution in [1.29, 1.82) is 0 Å². The van der Waals surface area contributed by atoms with Crippen molar-refractivity contribution < 1.29 is 4.52 Å². The second kappa shape index (κ2) is 4.63. The second-order valence-corrected chi connectivity index (χ2v) is 6.11. The molecule has 4 rings (SSSR count). The highest BCUT2D eigenvalue weighted by Gasteiger charge is 2.28. The number of aryl methyl sites for hydroxylation is 1. The summed E-state index contributed by atoms with van der Waals surface area (Å²) in [5.74, 6) is 1.88. The van der Waals surface area contributed by atoms with Gasteiger partial charge >= 0.3 is 0 Å². The summed E-state index contributed by atoms with van der Waals surface area (Å²) in [7, 11) is 0. The summed E-state index contributed by atoms with van der Waals surface area (Å²) in [6, 6.07) is 0.517. The third kappa shape index (κ3) is 2.16. The van der Waals surface area contributed by atoms with E-state index >= 15 is 0 Å². The van der Waals surface area contributed by atoms with Gasteiger partial charge in [0, 0.05) is 17.7 Å². The van der Waals surface area contributed by atoms with Gasteiger partial charge in [0.15, 0.2) is 0 Å². The molecule has 2 aliphatic rings. The van der Waals surface area contributed by atoms with Crippen molar-refractivity contribution in [2.75, 3.05) is 0 Å². The smallest absolute Gasteiger partial charge is 0.209 e. The molecule has 0 spiro atoms. The SMILES string of the molecule is C1CCc2c(CSc3nnnn3C3CC3)noc2C1. The Kier molecular flexibility index (Phi) is 2.79. The zero-order valence-corrected chi connectivity index (χ0v) is 11.4. The molecule has 0 N–H and O–H groups in total. The average Bonchev–Trinajstić information content (AvgIpc) is 3.04. The summed E-state index contributed by atoms with van der Waals surface area (Å²) in [6.45, 7) is 0. The molecule has 0 aromatic carbocycles. The predicted octanol–water partition coefficient (Wildman–Crippen LogP) is 2.17. The lowest BCUT2D eigenvalue weighted by atomic mass is 9.97. The van der Waals surface area contributed by atoms with Gasteiger partial charge in [-0.15, -0.1) is 5.10 Å². The van der Waals surface area contributed by atoms with Gasteiger partial charge in [0.1, 0.15) is 5.76 Å². The Morgan fingerprint density at radius 2 is 2.16 bits per heavy atom. The lowest BCUT2D eigenvalue weighted by molar-refractivity contribution is 0.369. The van der Waals surface area contributed by atoms with Crippen LogP contribution in [0.2, 0.25) is 0 Å². The van der Waals surface area contributed by atoms with Gasteiger partial charge in [0.2, 0.25) is 5.16 Å². The van der Waals surface area contributed by atoms with Crippen molar-refractivity contribution in [2.24, 2.45) is 0 Å². The molecule has 2 heterocycles. The highest BCUT2D eigenvalue weighted by atomic mass is 32.2. The molecule has 2 aromatic rings. The monoisotopic (exact) mass is 277 g/mol. The molecule has 0 amide bonds. The van der Waals surface area contributed by atoms with Gasteiger partial charge in [0.25, 0.3) is 0 Å². The normalized spacial score (nSPS) is 18.5. The van der Waals surface area contributed by atoms with Crippen LogP contribution in [0.25, 0.3) is 0 Å². The standard InChI is InChI=1S/C12H15N5OS/c1-2-4-11-9(3-1)10(14-18-11)7-19-12-13-15-16-17(12)8-5-6-8/h8H,1-7H2. The molecule has 1 saturated carbocycles. The Bertz CT molecular complexity index is 589. The average molecular weight is 277 g/mol. The van der Waals surface area contributed by atoms with Gasteiger partial charge < -0.3 is 4.52 Å². The summed E-state index contributed by atoms with van der Waals surface area (Å²) >= 11 is 1.66. The molecule has 0 radical (unpaired) electrons. The number of tetrazole rings is 1. The lowest BCUT2D eigenvalue weighted by Crippen LogP contribution is -2.02. The van der Waals surface area contributed by atoms with Gasteiger partial charge in [-0.05, 0) is 42.5 Å². The fourth-order valence-electron chi connectivity index (χ4n) is 2.52. The molecular formula is C12H15N5OS. The number of thioether (sulfide) groups is 1. The first kappa shape index (κ1) is 11.5. The van der Waals surface area contributed by atoms with Crippen LogP contribution >= 0.6 is 11.8 Å². The molecule has 0 unspecified atom stereocenters. The molecule has 100 valence electrons. The molecule has 6 nitrogen and oxygen atoms in total. The van der Waals surface area contributed by atoms with Crippen LogP contribution in [0.15, 0.2) is 9.68 Å². The van der Waals surface area contributed by atoms with Crippen molar-refractivity contribution in [3.05, 3.63) is 17.0 Å². The van der Waals surface area contributed by atoms with Crippen LogP contribution in [-0.2, 0) is 18.6 Å². The third-order valence-corrected chi connectivity index (χ3v) is 4.67. The van der Waals surface area contributed by atoms with Crippen LogP contribution in [0.5, 0.6) is 0 Å². The van der Waals surface area contributed by atoms with E-state index in [1.54, 1.807) is 11.8 Å². The zero-order chi connectivity index (χ0) is 12.7. The summed E-state index contributed by atoms with van der Waals surface area (Å²) in [6.07, 6.45) is 6.98. The number of hydrogen-bond donors (Lipinski definition) is 0. The summed E-state index contributed by atoms with van der Waals surface area (Å²) in [5, 5.41) is 17.0. The Morgan fingerprint density at radius 3 is 3.05 bits per heavy atom. The van der Waals surface area contributed by atoms with Crippen molar-refractivity contribution in [3.8, 4) is 0 Å². The van der Waals surface area contributed by atoms with E-state index in [1.165, 1.54) is 31.2 Å². The number of nitrogens with zero attached hydrogens (tertiary/aromatic N) is 5. The first-order chi connectivity index (χ1) is 9.42. The molecule has 2 aliphatic carbocycles. The quantitative estimate of drug-likeness (QED) is 0.798. The minimum absolute atomic E-state index is 0.517. The van der Waals surface area contributed by atoms with Crippen LogP contribution < -0.4 is 0 Å². The van der Waals surface area contributed by atoms with Gasteiger partial charge in [0.05, 0.1) is 11.7 Å². The third-order valence-electron chi connectivity index (χ3n) is 3.72. The largest absolute Gasteiger partial charge is 0.361 e. The first-order valence-electron chi connectivity index (χ1n) is 6.79. The number of hydrogen-bond acceptors (Lipinski definition) is 6. The fraction of sp³-hybridized carbons (Fsp3) is 0.667. The maximum absolute atomic E-state index is 5.43. The number of aromatic nitrogens is 5. The van der Waals surface area contributed by atoms with Crippen molar-refractivity contribution in [1.82, 2.24) is 25.4 Å². The second-order valence-electron chi connectivity index (χ2n) is 5.16. The molecule has 0 saturated heterocycles. The molecule has 2 aromatic heterocycles. The lowest BCUT2D eigenvalue weighted by Gasteiger charge is -2.08. The van der Waals surface area contributed by atoms with Crippen LogP contribution in [0.4, 0.5) is 0 Å². The highest BCUT2D eigenvalue weighted by molar-refractivity contribution is 7.98. The Morgan fingerprint density at radius 1 is 1.26 bits per heavy atom. The summed E-state index contributed by atoms with van der Waals surface area (Å²) in [5.41, 5.74) is 2.40. The van der Waals surface area contributed by atoms with E-state index in [9.17, 15) is 0 Å². The number of fused-ring (bicyclic) bond motifs is 1. The maximum Gasteiger partial charge on any atom is 0.209 e. The van der Waals surface area contributed by atoms with Crippen molar-refractivity contribution in [3.63, 3.8) is 0 Å². The number of rotatable bonds is 4. The van der Waals surface area contributed by atoms with Gasteiger partial charge in [-0.1, -0.05) is 16.9 Å². The highest BCUT2D eigenvalue weighted by Crippen LogP contribution is 2.37. The minimum atomic E-state index is 0.517. The topological polar surface area (TPSA) is 69.6 Å². The first-order valence-corrected chi connectivity index (χ1v) is 7.77. The van der Waals surface area contributed by atoms with Crippen molar-refractivity contribution in [2.45, 2.75) is 55.5 Å². The van der Waals surface area contributed by atoms with Crippen LogP contribution in [0.1, 0.15) is 48.7 Å². The fourth-order valence-corrected chi connectivity index (χ4v) is 3.43. The van der Waals surface area contributed by atoms with E-state index in [-0.39, 0.29) is 0 Å². The van der Waals surface area contributed by atoms with Gasteiger partial charge in [-0.3, -0.25) is 0 Å². The van der Waals surface area contributed by atoms with E-state index in [1.807, 2.05) is 4.68 Å². The molecule has 1 fully saturated rings. The van der Waals surface area contributed by atoms with E-state index in [2.05, 4.69) is 20.7 Å². The van der Waals surface area contributed by atoms with Crippen LogP contribution in [0, 0.1) is 0 Å². The summed E-state index contributed by atoms with van der Waals surface area (Å²) < 4.78 is 7.37. The van der Waals surface area contributed by atoms with Crippen LogP contribution in [-0.4, -0.2) is 25.4 Å². The minimum Gasteiger partial charge on any atom is -0.361 e. The zero-order valence-electron chi connectivity index (χ0n) is 10.6. The van der Waals surface area contributed by atoms with Gasteiger partial charge in [-0.25, -0.2) is 4.68 Å². The molecule has 0 atom stereocenters. The molecule has 7 heteroatoms. The Hall–Kier alpha value is -1.37. The Labute approximate surface area is 114 Å². The van der Waals surface area contributed by atoms with E-state index < -0.39 is 0 Å². The van der Waals surface area contributed by atoms with E-state index in [4.69, 9.17) is 4.52 Å². The molecule has 0 bridgehead atoms. The predicted molar refractivity (Wildman–Crippen MR) is 68.8 cm³/mol. The molecular weight excluding hydrogens is 262 g/mol. The molecule has 19 heavy (non-hydrogen) atoms.